The Kier molecular flexibility index (Phi) is 5.84. The van der Waals surface area contributed by atoms with Crippen molar-refractivity contribution in [2.24, 2.45) is 5.92 Å². The van der Waals surface area contributed by atoms with Crippen molar-refractivity contribution in [1.29, 1.82) is 0 Å². The quantitative estimate of drug-likeness (QED) is 0.807. The first-order chi connectivity index (χ1) is 9.51. The number of hydrogen-bond donors (Lipinski definition) is 1. The maximum Gasteiger partial charge on any atom is 0.282 e. The lowest BCUT2D eigenvalue weighted by atomic mass is 10.1. The van der Waals surface area contributed by atoms with Crippen molar-refractivity contribution in [1.82, 2.24) is 13.9 Å². The van der Waals surface area contributed by atoms with Gasteiger partial charge >= 0.3 is 0 Å². The first kappa shape index (κ1) is 16.2. The molecule has 1 aliphatic heterocycles. The lowest BCUT2D eigenvalue weighted by Crippen LogP contribution is -2.54. The molecule has 0 aromatic heterocycles. The second kappa shape index (κ2) is 7.20. The zero-order valence-corrected chi connectivity index (χ0v) is 13.7. The van der Waals surface area contributed by atoms with Crippen molar-refractivity contribution >= 4 is 10.2 Å². The normalized spacial score (nSPS) is 23.0. The summed E-state index contributed by atoms with van der Waals surface area (Å²) in [7, 11) is -3.28. The van der Waals surface area contributed by atoms with E-state index in [2.05, 4.69) is 19.2 Å². The Labute approximate surface area is 123 Å². The van der Waals surface area contributed by atoms with E-state index in [9.17, 15) is 8.42 Å². The molecular formula is C14H29N3O2S. The van der Waals surface area contributed by atoms with Crippen molar-refractivity contribution in [3.63, 3.8) is 0 Å². The molecule has 0 spiro atoms. The van der Waals surface area contributed by atoms with Crippen molar-refractivity contribution in [2.75, 3.05) is 32.7 Å². The largest absolute Gasteiger partial charge is 0.314 e. The summed E-state index contributed by atoms with van der Waals surface area (Å²) in [6.07, 6.45) is 5.34. The fourth-order valence-corrected chi connectivity index (χ4v) is 4.95. The predicted octanol–water partition coefficient (Wildman–Crippen LogP) is 1.43. The summed E-state index contributed by atoms with van der Waals surface area (Å²) in [5.74, 6) is 0.539. The van der Waals surface area contributed by atoms with Crippen molar-refractivity contribution < 1.29 is 8.42 Å². The van der Waals surface area contributed by atoms with Crippen LogP contribution in [-0.4, -0.2) is 55.8 Å². The number of rotatable bonds is 6. The Hall–Kier alpha value is -0.170. The van der Waals surface area contributed by atoms with E-state index in [-0.39, 0.29) is 6.04 Å². The predicted molar refractivity (Wildman–Crippen MR) is 81.8 cm³/mol. The highest BCUT2D eigenvalue weighted by Gasteiger charge is 2.36. The monoisotopic (exact) mass is 303 g/mol. The third kappa shape index (κ3) is 3.93. The Morgan fingerprint density at radius 3 is 2.35 bits per heavy atom. The molecule has 0 radical (unpaired) electrons. The second-order valence-electron chi connectivity index (χ2n) is 6.39. The molecule has 5 nitrogen and oxygen atoms in total. The smallest absolute Gasteiger partial charge is 0.282 e. The molecular weight excluding hydrogens is 274 g/mol. The molecule has 0 amide bonds. The topological polar surface area (TPSA) is 52.7 Å². The minimum Gasteiger partial charge on any atom is -0.314 e. The molecule has 1 saturated carbocycles. The van der Waals surface area contributed by atoms with Gasteiger partial charge in [-0.25, -0.2) is 0 Å². The number of hydrogen-bond acceptors (Lipinski definition) is 3. The van der Waals surface area contributed by atoms with Gasteiger partial charge in [-0.3, -0.25) is 0 Å². The van der Waals surface area contributed by atoms with Gasteiger partial charge in [0.25, 0.3) is 10.2 Å². The number of nitrogens with zero attached hydrogens (tertiary/aromatic N) is 2. The van der Waals surface area contributed by atoms with Crippen molar-refractivity contribution in [2.45, 2.75) is 52.0 Å². The molecule has 2 fully saturated rings. The van der Waals surface area contributed by atoms with Crippen molar-refractivity contribution in [3.05, 3.63) is 0 Å². The van der Waals surface area contributed by atoms with E-state index < -0.39 is 10.2 Å². The minimum absolute atomic E-state index is 0.230. The van der Waals surface area contributed by atoms with Crippen LogP contribution in [0.5, 0.6) is 0 Å². The zero-order chi connectivity index (χ0) is 14.6. The molecule has 1 aliphatic carbocycles. The van der Waals surface area contributed by atoms with E-state index in [0.29, 0.717) is 25.6 Å². The van der Waals surface area contributed by atoms with Crippen LogP contribution in [0.4, 0.5) is 0 Å². The molecule has 2 rings (SSSR count). The third-order valence-corrected chi connectivity index (χ3v) is 6.45. The van der Waals surface area contributed by atoms with Crippen LogP contribution in [0.25, 0.3) is 0 Å². The first-order valence-electron chi connectivity index (χ1n) is 7.99. The Bertz CT molecular complexity index is 385. The zero-order valence-electron chi connectivity index (χ0n) is 12.8. The van der Waals surface area contributed by atoms with Crippen molar-refractivity contribution in [3.8, 4) is 0 Å². The molecule has 0 aromatic rings. The average Bonchev–Trinajstić information content (AvgIpc) is 2.93. The minimum atomic E-state index is -3.28. The highest BCUT2D eigenvalue weighted by atomic mass is 32.2. The fraction of sp³-hybridized carbons (Fsp3) is 1.00. The summed E-state index contributed by atoms with van der Waals surface area (Å²) < 4.78 is 29.3. The van der Waals surface area contributed by atoms with Gasteiger partial charge in [0, 0.05) is 38.8 Å². The molecule has 0 bridgehead atoms. The van der Waals surface area contributed by atoms with E-state index in [1.807, 2.05) is 4.31 Å². The van der Waals surface area contributed by atoms with Gasteiger partial charge in [0.15, 0.2) is 0 Å². The summed E-state index contributed by atoms with van der Waals surface area (Å²) in [4.78, 5) is 0. The summed E-state index contributed by atoms with van der Waals surface area (Å²) in [6.45, 7) is 7.73. The summed E-state index contributed by atoms with van der Waals surface area (Å²) in [6, 6.07) is 0.230. The standard InChI is InChI=1S/C14H29N3O2S/c1-13(2)7-10-17(14-5-3-4-6-14)20(18,19)16-11-8-15-9-12-16/h13-15H,3-12H2,1-2H3. The molecule has 20 heavy (non-hydrogen) atoms. The van der Waals surface area contributed by atoms with E-state index >= 15 is 0 Å². The lowest BCUT2D eigenvalue weighted by Gasteiger charge is -2.35. The third-order valence-electron chi connectivity index (χ3n) is 4.36. The van der Waals surface area contributed by atoms with Gasteiger partial charge in [0.05, 0.1) is 0 Å². The number of nitrogens with one attached hydrogen (secondary N) is 1. The van der Waals surface area contributed by atoms with E-state index in [1.54, 1.807) is 4.31 Å². The molecule has 0 unspecified atom stereocenters. The molecule has 6 heteroatoms. The number of piperazine rings is 1. The van der Waals surface area contributed by atoms with Crippen LogP contribution in [0.1, 0.15) is 46.0 Å². The maximum absolute atomic E-state index is 12.9. The van der Waals surface area contributed by atoms with Gasteiger partial charge in [-0.2, -0.15) is 17.0 Å². The van der Waals surface area contributed by atoms with Gasteiger partial charge in [0.2, 0.25) is 0 Å². The summed E-state index contributed by atoms with van der Waals surface area (Å²) in [5, 5.41) is 3.22. The van der Waals surface area contributed by atoms with Gasteiger partial charge < -0.3 is 5.32 Å². The Morgan fingerprint density at radius 1 is 1.20 bits per heavy atom. The molecule has 1 heterocycles. The molecule has 0 atom stereocenters. The van der Waals surface area contributed by atoms with Crippen LogP contribution in [0.2, 0.25) is 0 Å². The molecule has 1 saturated heterocycles. The van der Waals surface area contributed by atoms with Crippen LogP contribution in [0.3, 0.4) is 0 Å². The van der Waals surface area contributed by atoms with Crippen LogP contribution in [-0.2, 0) is 10.2 Å². The average molecular weight is 303 g/mol. The fourth-order valence-electron chi connectivity index (χ4n) is 3.09. The van der Waals surface area contributed by atoms with Crippen LogP contribution in [0.15, 0.2) is 0 Å². The second-order valence-corrected chi connectivity index (χ2v) is 8.27. The first-order valence-corrected chi connectivity index (χ1v) is 9.39. The summed E-state index contributed by atoms with van der Waals surface area (Å²) in [5.41, 5.74) is 0. The van der Waals surface area contributed by atoms with Gasteiger partial charge in [-0.15, -0.1) is 0 Å². The van der Waals surface area contributed by atoms with E-state index in [0.717, 1.165) is 32.4 Å². The van der Waals surface area contributed by atoms with Crippen LogP contribution >= 0.6 is 0 Å². The molecule has 118 valence electrons. The van der Waals surface area contributed by atoms with Gasteiger partial charge in [0.1, 0.15) is 0 Å². The van der Waals surface area contributed by atoms with Crippen LogP contribution < -0.4 is 5.32 Å². The SMILES string of the molecule is CC(C)CCN(C1CCCC1)S(=O)(=O)N1CCNCC1. The summed E-state index contributed by atoms with van der Waals surface area (Å²) >= 11 is 0. The Morgan fingerprint density at radius 2 is 1.80 bits per heavy atom. The highest BCUT2D eigenvalue weighted by molar-refractivity contribution is 7.86. The highest BCUT2D eigenvalue weighted by Crippen LogP contribution is 2.27. The molecule has 0 aromatic carbocycles. The maximum atomic E-state index is 12.9. The van der Waals surface area contributed by atoms with Gasteiger partial charge in [-0.05, 0) is 25.2 Å². The van der Waals surface area contributed by atoms with E-state index in [1.165, 1.54) is 12.8 Å². The molecule has 1 N–H and O–H groups in total. The lowest BCUT2D eigenvalue weighted by molar-refractivity contribution is 0.262. The van der Waals surface area contributed by atoms with Crippen LogP contribution in [0, 0.1) is 5.92 Å². The molecule has 2 aliphatic rings. The van der Waals surface area contributed by atoms with Gasteiger partial charge in [-0.1, -0.05) is 26.7 Å². The Balaban J connectivity index is 2.10. The van der Waals surface area contributed by atoms with E-state index in [4.69, 9.17) is 0 Å².